The molecule has 0 bridgehead atoms. The van der Waals surface area contributed by atoms with Gasteiger partial charge in [0.2, 0.25) is 0 Å². The summed E-state index contributed by atoms with van der Waals surface area (Å²) >= 11 is 1.16. The molecule has 0 aliphatic carbocycles. The number of aromatic nitrogens is 2. The minimum atomic E-state index is -0.530. The largest absolute Gasteiger partial charge is 0.384 e. The van der Waals surface area contributed by atoms with Crippen LogP contribution in [0.5, 0.6) is 0 Å². The van der Waals surface area contributed by atoms with Crippen molar-refractivity contribution in [3.63, 3.8) is 0 Å². The van der Waals surface area contributed by atoms with Crippen LogP contribution in [-0.4, -0.2) is 27.6 Å². The summed E-state index contributed by atoms with van der Waals surface area (Å²) < 4.78 is 0. The number of aromatic amines is 1. The molecule has 96 valence electrons. The first kappa shape index (κ1) is 13.0. The quantitative estimate of drug-likeness (QED) is 0.692. The van der Waals surface area contributed by atoms with Crippen LogP contribution in [0.25, 0.3) is 0 Å². The molecule has 0 aliphatic rings. The van der Waals surface area contributed by atoms with Crippen LogP contribution in [0, 0.1) is 11.8 Å². The Labute approximate surface area is 112 Å². The summed E-state index contributed by atoms with van der Waals surface area (Å²) in [5, 5.41) is 11.4. The van der Waals surface area contributed by atoms with Gasteiger partial charge in [-0.05, 0) is 12.1 Å². The minimum absolute atomic E-state index is 0.0145. The molecule has 1 amide bonds. The van der Waals surface area contributed by atoms with Crippen LogP contribution < -0.4 is 10.9 Å². The van der Waals surface area contributed by atoms with Crippen molar-refractivity contribution in [3.8, 4) is 11.8 Å². The maximum Gasteiger partial charge on any atom is 0.263 e. The van der Waals surface area contributed by atoms with Crippen LogP contribution >= 0.6 is 11.3 Å². The molecule has 0 saturated heterocycles. The zero-order valence-electron chi connectivity index (χ0n) is 9.64. The molecule has 3 N–H and O–H groups in total. The van der Waals surface area contributed by atoms with Crippen LogP contribution in [0.4, 0.5) is 5.13 Å². The fourth-order valence-electron chi connectivity index (χ4n) is 1.28. The molecule has 0 radical (unpaired) electrons. The number of anilines is 1. The fraction of sp³-hybridized carbons (Fsp3) is 0.0833. The van der Waals surface area contributed by atoms with E-state index in [0.717, 1.165) is 11.3 Å². The Balaban J connectivity index is 2.14. The summed E-state index contributed by atoms with van der Waals surface area (Å²) in [6.07, 6.45) is 2.93. The number of nitrogens with zero attached hydrogens (tertiary/aromatic N) is 1. The number of amides is 1. The Morgan fingerprint density at radius 3 is 3.16 bits per heavy atom. The van der Waals surface area contributed by atoms with Crippen molar-refractivity contribution in [3.05, 3.63) is 45.3 Å². The zero-order valence-corrected chi connectivity index (χ0v) is 10.5. The van der Waals surface area contributed by atoms with Gasteiger partial charge in [0.1, 0.15) is 12.2 Å². The second-order valence-corrected chi connectivity index (χ2v) is 4.39. The number of thiazole rings is 1. The van der Waals surface area contributed by atoms with Crippen molar-refractivity contribution < 1.29 is 9.90 Å². The second kappa shape index (κ2) is 5.95. The number of carbonyl (C=O) groups excluding carboxylic acids is 1. The third-order valence-corrected chi connectivity index (χ3v) is 2.91. The van der Waals surface area contributed by atoms with Gasteiger partial charge in [-0.2, -0.15) is 0 Å². The van der Waals surface area contributed by atoms with Crippen LogP contribution in [0.2, 0.25) is 0 Å². The molecule has 19 heavy (non-hydrogen) atoms. The third kappa shape index (κ3) is 3.28. The molecule has 2 aromatic rings. The van der Waals surface area contributed by atoms with Gasteiger partial charge in [-0.15, -0.1) is 0 Å². The highest BCUT2D eigenvalue weighted by molar-refractivity contribution is 7.16. The Morgan fingerprint density at radius 2 is 2.42 bits per heavy atom. The Bertz CT molecular complexity index is 708. The molecule has 7 heteroatoms. The summed E-state index contributed by atoms with van der Waals surface area (Å²) in [6, 6.07) is 2.99. The normalized spacial score (nSPS) is 9.53. The van der Waals surface area contributed by atoms with Crippen molar-refractivity contribution in [2.45, 2.75) is 0 Å². The van der Waals surface area contributed by atoms with Gasteiger partial charge in [0.25, 0.3) is 11.5 Å². The lowest BCUT2D eigenvalue weighted by atomic mass is 10.3. The van der Waals surface area contributed by atoms with E-state index in [0.29, 0.717) is 10.0 Å². The highest BCUT2D eigenvalue weighted by Gasteiger charge is 2.11. The monoisotopic (exact) mass is 275 g/mol. The predicted octanol–water partition coefficient (Wildman–Crippen LogP) is 0.427. The van der Waals surface area contributed by atoms with Gasteiger partial charge in [-0.25, -0.2) is 4.98 Å². The summed E-state index contributed by atoms with van der Waals surface area (Å²) in [7, 11) is 0. The first-order valence-corrected chi connectivity index (χ1v) is 6.07. The molecule has 2 aromatic heterocycles. The van der Waals surface area contributed by atoms with Crippen LogP contribution in [0.3, 0.4) is 0 Å². The molecule has 0 aliphatic heterocycles. The van der Waals surface area contributed by atoms with E-state index in [4.69, 9.17) is 5.11 Å². The molecule has 2 heterocycles. The average molecular weight is 275 g/mol. The molecule has 0 fully saturated rings. The number of H-pyrrole nitrogens is 1. The van der Waals surface area contributed by atoms with Crippen LogP contribution in [0.1, 0.15) is 15.2 Å². The van der Waals surface area contributed by atoms with E-state index in [2.05, 4.69) is 27.1 Å². The van der Waals surface area contributed by atoms with Gasteiger partial charge in [0.05, 0.1) is 11.1 Å². The SMILES string of the molecule is O=C(Nc1ncc(C#CCO)s1)c1ccc[nH]c1=O. The fourth-order valence-corrected chi connectivity index (χ4v) is 1.97. The standard InChI is InChI=1S/C12H9N3O3S/c16-6-2-3-8-7-14-12(19-8)15-11(18)9-4-1-5-13-10(9)17/h1,4-5,7,16H,6H2,(H,13,17)(H,14,15,18). The van der Waals surface area contributed by atoms with Crippen LogP contribution in [0.15, 0.2) is 29.3 Å². The summed E-state index contributed by atoms with van der Waals surface area (Å²) in [5.74, 6) is 4.63. The maximum atomic E-state index is 11.8. The molecule has 0 spiro atoms. The van der Waals surface area contributed by atoms with Gasteiger partial charge < -0.3 is 10.1 Å². The van der Waals surface area contributed by atoms with E-state index in [-0.39, 0.29) is 12.2 Å². The van der Waals surface area contributed by atoms with E-state index >= 15 is 0 Å². The number of aliphatic hydroxyl groups excluding tert-OH is 1. The first-order valence-electron chi connectivity index (χ1n) is 5.25. The van der Waals surface area contributed by atoms with Crippen molar-refractivity contribution in [1.82, 2.24) is 9.97 Å². The number of aliphatic hydroxyl groups is 1. The summed E-state index contributed by atoms with van der Waals surface area (Å²) in [6.45, 7) is -0.237. The van der Waals surface area contributed by atoms with Crippen molar-refractivity contribution in [2.24, 2.45) is 0 Å². The average Bonchev–Trinajstić information content (AvgIpc) is 2.84. The van der Waals surface area contributed by atoms with Gasteiger partial charge in [-0.3, -0.25) is 14.9 Å². The Morgan fingerprint density at radius 1 is 1.58 bits per heavy atom. The molecule has 0 saturated carbocycles. The van der Waals surface area contributed by atoms with Crippen molar-refractivity contribution in [2.75, 3.05) is 11.9 Å². The summed E-state index contributed by atoms with van der Waals surface area (Å²) in [5.41, 5.74) is -0.447. The lowest BCUT2D eigenvalue weighted by molar-refractivity contribution is 0.102. The topological polar surface area (TPSA) is 95.1 Å². The molecule has 0 unspecified atom stereocenters. The predicted molar refractivity (Wildman–Crippen MR) is 71.1 cm³/mol. The van der Waals surface area contributed by atoms with Gasteiger partial charge in [0.15, 0.2) is 5.13 Å². The van der Waals surface area contributed by atoms with E-state index in [9.17, 15) is 9.59 Å². The van der Waals surface area contributed by atoms with Gasteiger partial charge in [-0.1, -0.05) is 23.2 Å². The van der Waals surface area contributed by atoms with Crippen molar-refractivity contribution in [1.29, 1.82) is 0 Å². The minimum Gasteiger partial charge on any atom is -0.384 e. The smallest absolute Gasteiger partial charge is 0.263 e. The lowest BCUT2D eigenvalue weighted by Gasteiger charge is -1.99. The van der Waals surface area contributed by atoms with E-state index in [1.54, 1.807) is 6.07 Å². The van der Waals surface area contributed by atoms with E-state index in [1.807, 2.05) is 0 Å². The molecular formula is C12H9N3O3S. The van der Waals surface area contributed by atoms with Crippen LogP contribution in [-0.2, 0) is 0 Å². The molecule has 0 atom stereocenters. The summed E-state index contributed by atoms with van der Waals surface area (Å²) in [4.78, 5) is 30.2. The molecule has 6 nitrogen and oxygen atoms in total. The number of nitrogens with one attached hydrogen (secondary N) is 2. The number of carbonyl (C=O) groups is 1. The highest BCUT2D eigenvalue weighted by Crippen LogP contribution is 2.17. The number of hydrogen-bond acceptors (Lipinski definition) is 5. The first-order chi connectivity index (χ1) is 9.20. The number of rotatable bonds is 2. The Hall–Kier alpha value is -2.43. The molecule has 2 rings (SSSR count). The van der Waals surface area contributed by atoms with Gasteiger partial charge in [0, 0.05) is 6.20 Å². The third-order valence-electron chi connectivity index (χ3n) is 2.08. The zero-order chi connectivity index (χ0) is 13.7. The molecule has 0 aromatic carbocycles. The second-order valence-electron chi connectivity index (χ2n) is 3.36. The lowest BCUT2D eigenvalue weighted by Crippen LogP contribution is -2.22. The van der Waals surface area contributed by atoms with E-state index < -0.39 is 11.5 Å². The number of pyridine rings is 1. The number of hydrogen-bond donors (Lipinski definition) is 3. The van der Waals surface area contributed by atoms with Crippen molar-refractivity contribution >= 4 is 22.4 Å². The molecular weight excluding hydrogens is 266 g/mol. The Kier molecular flexibility index (Phi) is 4.07. The highest BCUT2D eigenvalue weighted by atomic mass is 32.1. The van der Waals surface area contributed by atoms with Gasteiger partial charge >= 0.3 is 0 Å². The van der Waals surface area contributed by atoms with E-state index in [1.165, 1.54) is 18.5 Å². The maximum absolute atomic E-state index is 11.8.